The Labute approximate surface area is 113 Å². The first kappa shape index (κ1) is 13.3. The van der Waals surface area contributed by atoms with E-state index in [1.807, 2.05) is 13.0 Å². The van der Waals surface area contributed by atoms with Gasteiger partial charge in [-0.15, -0.1) is 0 Å². The van der Waals surface area contributed by atoms with Crippen LogP contribution in [0.5, 0.6) is 0 Å². The number of carbonyl (C=O) groups is 1. The SMILES string of the molecule is Cc1cccc(CCC(=O)NCc2cn[nH]c2C)c1. The van der Waals surface area contributed by atoms with Crippen molar-refractivity contribution in [2.75, 3.05) is 0 Å². The Morgan fingerprint density at radius 1 is 1.37 bits per heavy atom. The second-order valence-electron chi connectivity index (χ2n) is 4.79. The summed E-state index contributed by atoms with van der Waals surface area (Å²) in [4.78, 5) is 11.8. The Kier molecular flexibility index (Phi) is 4.34. The van der Waals surface area contributed by atoms with E-state index in [1.54, 1.807) is 6.20 Å². The fraction of sp³-hybridized carbons (Fsp3) is 0.333. The van der Waals surface area contributed by atoms with Crippen LogP contribution in [-0.4, -0.2) is 16.1 Å². The first-order chi connectivity index (χ1) is 9.15. The molecule has 100 valence electrons. The molecule has 0 aliphatic rings. The number of aryl methyl sites for hydroxylation is 3. The summed E-state index contributed by atoms with van der Waals surface area (Å²) in [6, 6.07) is 8.26. The van der Waals surface area contributed by atoms with Crippen molar-refractivity contribution in [1.29, 1.82) is 0 Å². The van der Waals surface area contributed by atoms with Crippen molar-refractivity contribution in [3.8, 4) is 0 Å². The van der Waals surface area contributed by atoms with Gasteiger partial charge in [-0.1, -0.05) is 29.8 Å². The van der Waals surface area contributed by atoms with Crippen molar-refractivity contribution in [3.63, 3.8) is 0 Å². The van der Waals surface area contributed by atoms with Crippen LogP contribution in [0.15, 0.2) is 30.5 Å². The second-order valence-corrected chi connectivity index (χ2v) is 4.79. The molecule has 0 unspecified atom stereocenters. The topological polar surface area (TPSA) is 57.8 Å². The number of H-pyrrole nitrogens is 1. The van der Waals surface area contributed by atoms with Gasteiger partial charge in [-0.05, 0) is 25.8 Å². The van der Waals surface area contributed by atoms with Crippen molar-refractivity contribution in [2.45, 2.75) is 33.2 Å². The van der Waals surface area contributed by atoms with Crippen LogP contribution in [0.2, 0.25) is 0 Å². The van der Waals surface area contributed by atoms with Crippen LogP contribution in [0.3, 0.4) is 0 Å². The lowest BCUT2D eigenvalue weighted by Crippen LogP contribution is -2.23. The molecule has 0 fully saturated rings. The monoisotopic (exact) mass is 257 g/mol. The lowest BCUT2D eigenvalue weighted by atomic mass is 10.1. The van der Waals surface area contributed by atoms with E-state index in [1.165, 1.54) is 11.1 Å². The normalized spacial score (nSPS) is 10.4. The minimum Gasteiger partial charge on any atom is -0.352 e. The van der Waals surface area contributed by atoms with E-state index in [-0.39, 0.29) is 5.91 Å². The molecule has 0 saturated heterocycles. The first-order valence-corrected chi connectivity index (χ1v) is 6.46. The Morgan fingerprint density at radius 2 is 2.21 bits per heavy atom. The zero-order valence-electron chi connectivity index (χ0n) is 11.4. The summed E-state index contributed by atoms with van der Waals surface area (Å²) in [5.74, 6) is 0.0714. The first-order valence-electron chi connectivity index (χ1n) is 6.46. The molecule has 2 rings (SSSR count). The van der Waals surface area contributed by atoms with Crippen LogP contribution < -0.4 is 5.32 Å². The van der Waals surface area contributed by atoms with Crippen molar-refractivity contribution in [1.82, 2.24) is 15.5 Å². The lowest BCUT2D eigenvalue weighted by Gasteiger charge is -2.05. The van der Waals surface area contributed by atoms with Gasteiger partial charge in [-0.3, -0.25) is 9.89 Å². The summed E-state index contributed by atoms with van der Waals surface area (Å²) in [7, 11) is 0. The van der Waals surface area contributed by atoms with E-state index in [4.69, 9.17) is 0 Å². The summed E-state index contributed by atoms with van der Waals surface area (Å²) in [5.41, 5.74) is 4.46. The molecule has 0 bridgehead atoms. The minimum absolute atomic E-state index is 0.0714. The number of nitrogens with one attached hydrogen (secondary N) is 2. The largest absolute Gasteiger partial charge is 0.352 e. The maximum Gasteiger partial charge on any atom is 0.220 e. The highest BCUT2D eigenvalue weighted by Gasteiger charge is 2.05. The quantitative estimate of drug-likeness (QED) is 0.863. The van der Waals surface area contributed by atoms with E-state index < -0.39 is 0 Å². The molecule has 0 saturated carbocycles. The molecule has 0 atom stereocenters. The summed E-state index contributed by atoms with van der Waals surface area (Å²) >= 11 is 0. The highest BCUT2D eigenvalue weighted by molar-refractivity contribution is 5.76. The van der Waals surface area contributed by atoms with Gasteiger partial charge in [0.2, 0.25) is 5.91 Å². The predicted molar refractivity (Wildman–Crippen MR) is 74.7 cm³/mol. The third-order valence-corrected chi connectivity index (χ3v) is 3.13. The Bertz CT molecular complexity index is 560. The molecule has 0 spiro atoms. The van der Waals surface area contributed by atoms with Crippen LogP contribution in [-0.2, 0) is 17.8 Å². The van der Waals surface area contributed by atoms with Gasteiger partial charge < -0.3 is 5.32 Å². The summed E-state index contributed by atoms with van der Waals surface area (Å²) in [6.45, 7) is 4.54. The molecule has 1 aromatic carbocycles. The molecule has 1 aromatic heterocycles. The van der Waals surface area contributed by atoms with E-state index >= 15 is 0 Å². The van der Waals surface area contributed by atoms with Crippen molar-refractivity contribution in [3.05, 3.63) is 52.8 Å². The Balaban J connectivity index is 1.77. The molecule has 0 aliphatic carbocycles. The molecule has 4 nitrogen and oxygen atoms in total. The van der Waals surface area contributed by atoms with Gasteiger partial charge in [0.15, 0.2) is 0 Å². The van der Waals surface area contributed by atoms with Gasteiger partial charge >= 0.3 is 0 Å². The fourth-order valence-electron chi connectivity index (χ4n) is 1.96. The van der Waals surface area contributed by atoms with Crippen molar-refractivity contribution in [2.24, 2.45) is 0 Å². The van der Waals surface area contributed by atoms with Crippen molar-refractivity contribution < 1.29 is 4.79 Å². The molecule has 19 heavy (non-hydrogen) atoms. The number of amides is 1. The number of hydrogen-bond acceptors (Lipinski definition) is 2. The number of hydrogen-bond donors (Lipinski definition) is 2. The second kappa shape index (κ2) is 6.18. The molecular weight excluding hydrogens is 238 g/mol. The third-order valence-electron chi connectivity index (χ3n) is 3.13. The molecule has 2 N–H and O–H groups in total. The predicted octanol–water partition coefficient (Wildman–Crippen LogP) is 2.28. The highest BCUT2D eigenvalue weighted by atomic mass is 16.1. The van der Waals surface area contributed by atoms with Crippen LogP contribution in [0.4, 0.5) is 0 Å². The van der Waals surface area contributed by atoms with Gasteiger partial charge in [0.05, 0.1) is 6.20 Å². The number of aromatic nitrogens is 2. The number of rotatable bonds is 5. The van der Waals surface area contributed by atoms with Crippen LogP contribution in [0, 0.1) is 13.8 Å². The van der Waals surface area contributed by atoms with Crippen LogP contribution in [0.25, 0.3) is 0 Å². The number of aromatic amines is 1. The highest BCUT2D eigenvalue weighted by Crippen LogP contribution is 2.07. The summed E-state index contributed by atoms with van der Waals surface area (Å²) < 4.78 is 0. The van der Waals surface area contributed by atoms with Gasteiger partial charge in [0.25, 0.3) is 0 Å². The van der Waals surface area contributed by atoms with Gasteiger partial charge in [0.1, 0.15) is 0 Å². The molecule has 2 aromatic rings. The average Bonchev–Trinajstić information content (AvgIpc) is 2.80. The minimum atomic E-state index is 0.0714. The molecule has 0 radical (unpaired) electrons. The summed E-state index contributed by atoms with van der Waals surface area (Å²) in [5, 5.41) is 9.69. The molecule has 1 amide bonds. The van der Waals surface area contributed by atoms with Crippen molar-refractivity contribution >= 4 is 5.91 Å². The zero-order chi connectivity index (χ0) is 13.7. The molecule has 0 aliphatic heterocycles. The maximum atomic E-state index is 11.8. The van der Waals surface area contributed by atoms with Crippen LogP contribution in [0.1, 0.15) is 28.8 Å². The number of carbonyl (C=O) groups excluding carboxylic acids is 1. The molecule has 1 heterocycles. The fourth-order valence-corrected chi connectivity index (χ4v) is 1.96. The smallest absolute Gasteiger partial charge is 0.220 e. The summed E-state index contributed by atoms with van der Waals surface area (Å²) in [6.07, 6.45) is 3.04. The lowest BCUT2D eigenvalue weighted by molar-refractivity contribution is -0.121. The van der Waals surface area contributed by atoms with E-state index in [0.717, 1.165) is 17.7 Å². The van der Waals surface area contributed by atoms with Gasteiger partial charge in [0, 0.05) is 24.2 Å². The number of benzene rings is 1. The van der Waals surface area contributed by atoms with Gasteiger partial charge in [-0.2, -0.15) is 5.10 Å². The van der Waals surface area contributed by atoms with Crippen LogP contribution >= 0.6 is 0 Å². The van der Waals surface area contributed by atoms with E-state index in [9.17, 15) is 4.79 Å². The molecule has 4 heteroatoms. The standard InChI is InChI=1S/C15H19N3O/c1-11-4-3-5-13(8-11)6-7-15(19)16-9-14-10-17-18-12(14)2/h3-5,8,10H,6-7,9H2,1-2H3,(H,16,19)(H,17,18). The molecular formula is C15H19N3O. The van der Waals surface area contributed by atoms with Gasteiger partial charge in [-0.25, -0.2) is 0 Å². The van der Waals surface area contributed by atoms with E-state index in [2.05, 4.69) is 40.6 Å². The third kappa shape index (κ3) is 3.95. The Hall–Kier alpha value is -2.10. The Morgan fingerprint density at radius 3 is 2.89 bits per heavy atom. The maximum absolute atomic E-state index is 11.8. The number of nitrogens with zero attached hydrogens (tertiary/aromatic N) is 1. The zero-order valence-corrected chi connectivity index (χ0v) is 11.4. The van der Waals surface area contributed by atoms with E-state index in [0.29, 0.717) is 13.0 Å². The average molecular weight is 257 g/mol.